The van der Waals surface area contributed by atoms with E-state index < -0.39 is 0 Å². The molecule has 2 aliphatic heterocycles. The van der Waals surface area contributed by atoms with Gasteiger partial charge >= 0.3 is 0 Å². The van der Waals surface area contributed by atoms with Gasteiger partial charge in [-0.2, -0.15) is 0 Å². The molecule has 3 rings (SSSR count). The lowest BCUT2D eigenvalue weighted by Crippen LogP contribution is -2.32. The Kier molecular flexibility index (Phi) is 7.19. The lowest BCUT2D eigenvalue weighted by Gasteiger charge is -2.17. The summed E-state index contributed by atoms with van der Waals surface area (Å²) in [5.41, 5.74) is 0.730. The van der Waals surface area contributed by atoms with Crippen LogP contribution in [0.15, 0.2) is 23.1 Å². The van der Waals surface area contributed by atoms with Crippen molar-refractivity contribution in [3.63, 3.8) is 0 Å². The Balaban J connectivity index is 1.73. The van der Waals surface area contributed by atoms with Crippen LogP contribution in [0, 0.1) is 0 Å². The van der Waals surface area contributed by atoms with Gasteiger partial charge in [0, 0.05) is 19.6 Å². The maximum atomic E-state index is 12.4. The summed E-state index contributed by atoms with van der Waals surface area (Å²) in [7, 11) is 0. The molecule has 1 aromatic rings. The predicted molar refractivity (Wildman–Crippen MR) is 112 cm³/mol. The first-order valence-corrected chi connectivity index (χ1v) is 10.8. The minimum absolute atomic E-state index is 0.0291. The van der Waals surface area contributed by atoms with Crippen molar-refractivity contribution in [3.8, 4) is 11.5 Å². The third kappa shape index (κ3) is 5.12. The van der Waals surface area contributed by atoms with Crippen molar-refractivity contribution in [2.45, 2.75) is 33.1 Å². The Labute approximate surface area is 175 Å². The van der Waals surface area contributed by atoms with Crippen LogP contribution in [-0.4, -0.2) is 59.7 Å². The van der Waals surface area contributed by atoms with Gasteiger partial charge in [0.05, 0.1) is 11.5 Å². The molecule has 2 heterocycles. The summed E-state index contributed by atoms with van der Waals surface area (Å²) in [6, 6.07) is 5.27. The molecule has 0 bridgehead atoms. The van der Waals surface area contributed by atoms with Gasteiger partial charge in [-0.15, -0.1) is 0 Å². The monoisotopic (exact) mass is 418 g/mol. The van der Waals surface area contributed by atoms with E-state index in [1.165, 1.54) is 4.90 Å². The molecule has 156 valence electrons. The molecule has 8 heteroatoms. The first-order valence-electron chi connectivity index (χ1n) is 9.96. The van der Waals surface area contributed by atoms with Crippen LogP contribution in [-0.2, 0) is 9.59 Å². The molecular formula is C21H26N2O5S. The Bertz CT molecular complexity index is 817. The number of hydrogen-bond acceptors (Lipinski definition) is 6. The topological polar surface area (TPSA) is 76.2 Å². The number of imide groups is 1. The number of rotatable bonds is 8. The number of benzene rings is 1. The van der Waals surface area contributed by atoms with Crippen molar-refractivity contribution in [1.82, 2.24) is 9.80 Å². The Morgan fingerprint density at radius 3 is 2.59 bits per heavy atom. The van der Waals surface area contributed by atoms with E-state index in [1.54, 1.807) is 29.2 Å². The van der Waals surface area contributed by atoms with Crippen LogP contribution in [0.2, 0.25) is 0 Å². The summed E-state index contributed by atoms with van der Waals surface area (Å²) in [6.07, 6.45) is 4.48. The van der Waals surface area contributed by atoms with Crippen LogP contribution in [0.5, 0.6) is 11.5 Å². The van der Waals surface area contributed by atoms with Gasteiger partial charge in [0.1, 0.15) is 0 Å². The number of ether oxygens (including phenoxy) is 2. The second-order valence-electron chi connectivity index (χ2n) is 6.85. The normalized spacial score (nSPS) is 18.1. The van der Waals surface area contributed by atoms with E-state index in [0.717, 1.165) is 49.7 Å². The highest BCUT2D eigenvalue weighted by Gasteiger charge is 2.34. The van der Waals surface area contributed by atoms with Gasteiger partial charge in [-0.25, -0.2) is 0 Å². The van der Waals surface area contributed by atoms with Crippen molar-refractivity contribution in [3.05, 3.63) is 28.7 Å². The summed E-state index contributed by atoms with van der Waals surface area (Å²) in [5, 5.41) is -0.242. The number of likely N-dealkylation sites (tertiary alicyclic amines) is 1. The Morgan fingerprint density at radius 1 is 1.14 bits per heavy atom. The van der Waals surface area contributed by atoms with Crippen molar-refractivity contribution < 1.29 is 23.9 Å². The maximum absolute atomic E-state index is 12.4. The predicted octanol–water partition coefficient (Wildman–Crippen LogP) is 3.53. The lowest BCUT2D eigenvalue weighted by atomic mass is 10.2. The average molecular weight is 419 g/mol. The standard InChI is InChI=1S/C21H26N2O5S/c1-3-9-23-20(25)18(29-21(23)26)13-15-7-8-16(17(12-15)27-4-2)28-14-19(24)22-10-5-6-11-22/h7-8,12-13H,3-6,9-11,14H2,1-2H3/b18-13-. The largest absolute Gasteiger partial charge is 0.490 e. The summed E-state index contributed by atoms with van der Waals surface area (Å²) < 4.78 is 11.4. The van der Waals surface area contributed by atoms with E-state index in [2.05, 4.69) is 0 Å². The quantitative estimate of drug-likeness (QED) is 0.601. The molecule has 0 spiro atoms. The highest BCUT2D eigenvalue weighted by atomic mass is 32.2. The third-order valence-corrected chi connectivity index (χ3v) is 5.60. The van der Waals surface area contributed by atoms with Crippen molar-refractivity contribution in [2.75, 3.05) is 32.8 Å². The third-order valence-electron chi connectivity index (χ3n) is 4.70. The van der Waals surface area contributed by atoms with Gasteiger partial charge in [0.25, 0.3) is 17.1 Å². The van der Waals surface area contributed by atoms with Crippen molar-refractivity contribution in [2.24, 2.45) is 0 Å². The Hall–Kier alpha value is -2.48. The summed E-state index contributed by atoms with van der Waals surface area (Å²) in [4.78, 5) is 40.1. The molecule has 7 nitrogen and oxygen atoms in total. The maximum Gasteiger partial charge on any atom is 0.293 e. The van der Waals surface area contributed by atoms with E-state index >= 15 is 0 Å². The number of nitrogens with zero attached hydrogens (tertiary/aromatic N) is 2. The molecule has 3 amide bonds. The molecule has 0 radical (unpaired) electrons. The van der Waals surface area contributed by atoms with Gasteiger partial charge in [0.2, 0.25) is 0 Å². The molecule has 29 heavy (non-hydrogen) atoms. The fraction of sp³-hybridized carbons (Fsp3) is 0.476. The van der Waals surface area contributed by atoms with E-state index in [0.29, 0.717) is 29.6 Å². The molecular weight excluding hydrogens is 392 g/mol. The van der Waals surface area contributed by atoms with E-state index in [1.807, 2.05) is 13.8 Å². The summed E-state index contributed by atoms with van der Waals surface area (Å²) in [5.74, 6) is 0.689. The molecule has 0 atom stereocenters. The molecule has 2 saturated heterocycles. The summed E-state index contributed by atoms with van der Waals surface area (Å²) in [6.45, 7) is 6.18. The number of carbonyl (C=O) groups is 3. The smallest absolute Gasteiger partial charge is 0.293 e. The van der Waals surface area contributed by atoms with Gasteiger partial charge in [0.15, 0.2) is 18.1 Å². The van der Waals surface area contributed by atoms with Crippen molar-refractivity contribution >= 4 is 34.9 Å². The van der Waals surface area contributed by atoms with E-state index in [4.69, 9.17) is 9.47 Å². The lowest BCUT2D eigenvalue weighted by molar-refractivity contribution is -0.132. The number of carbonyl (C=O) groups excluding carboxylic acids is 3. The number of hydrogen-bond donors (Lipinski definition) is 0. The average Bonchev–Trinajstić information content (AvgIpc) is 3.33. The molecule has 0 saturated carbocycles. The van der Waals surface area contributed by atoms with Crippen molar-refractivity contribution in [1.29, 1.82) is 0 Å². The minimum atomic E-state index is -0.267. The molecule has 0 N–H and O–H groups in total. The van der Waals surface area contributed by atoms with Crippen LogP contribution >= 0.6 is 11.8 Å². The molecule has 0 aliphatic carbocycles. The van der Waals surface area contributed by atoms with Gasteiger partial charge in [-0.1, -0.05) is 13.0 Å². The van der Waals surface area contributed by atoms with Crippen LogP contribution in [0.4, 0.5) is 4.79 Å². The molecule has 2 aliphatic rings. The minimum Gasteiger partial charge on any atom is -0.490 e. The van der Waals surface area contributed by atoms with Gasteiger partial charge in [-0.3, -0.25) is 19.3 Å². The van der Waals surface area contributed by atoms with Crippen LogP contribution in [0.3, 0.4) is 0 Å². The van der Waals surface area contributed by atoms with Gasteiger partial charge in [-0.05, 0) is 61.7 Å². The van der Waals surface area contributed by atoms with E-state index in [-0.39, 0.29) is 23.7 Å². The van der Waals surface area contributed by atoms with E-state index in [9.17, 15) is 14.4 Å². The second-order valence-corrected chi connectivity index (χ2v) is 7.84. The van der Waals surface area contributed by atoms with Crippen LogP contribution in [0.1, 0.15) is 38.7 Å². The first kappa shape index (κ1) is 21.2. The second kappa shape index (κ2) is 9.82. The first-order chi connectivity index (χ1) is 14.0. The highest BCUT2D eigenvalue weighted by molar-refractivity contribution is 8.18. The summed E-state index contributed by atoms with van der Waals surface area (Å²) >= 11 is 0.945. The molecule has 0 unspecified atom stereocenters. The molecule has 1 aromatic carbocycles. The highest BCUT2D eigenvalue weighted by Crippen LogP contribution is 2.34. The fourth-order valence-corrected chi connectivity index (χ4v) is 4.13. The zero-order valence-electron chi connectivity index (χ0n) is 16.8. The zero-order valence-corrected chi connectivity index (χ0v) is 17.6. The van der Waals surface area contributed by atoms with Crippen LogP contribution < -0.4 is 9.47 Å². The number of amides is 3. The number of thioether (sulfide) groups is 1. The van der Waals surface area contributed by atoms with Gasteiger partial charge < -0.3 is 14.4 Å². The molecule has 2 fully saturated rings. The zero-order chi connectivity index (χ0) is 20.8. The Morgan fingerprint density at radius 2 is 1.90 bits per heavy atom. The SMILES string of the molecule is CCCN1C(=O)S/C(=C\c2ccc(OCC(=O)N3CCCC3)c(OCC)c2)C1=O. The fourth-order valence-electron chi connectivity index (χ4n) is 3.27. The molecule has 0 aromatic heterocycles. The van der Waals surface area contributed by atoms with Crippen LogP contribution in [0.25, 0.3) is 6.08 Å².